The monoisotopic (exact) mass is 899 g/mol. The third-order valence-electron chi connectivity index (χ3n) is 11.1. The van der Waals surface area contributed by atoms with Crippen molar-refractivity contribution in [3.8, 4) is 0 Å². The van der Waals surface area contributed by atoms with E-state index in [0.29, 0.717) is 5.56 Å². The molecule has 10 N–H and O–H groups in total. The molecule has 6 rings (SSSR count). The van der Waals surface area contributed by atoms with Crippen molar-refractivity contribution in [1.82, 2.24) is 0 Å². The van der Waals surface area contributed by atoms with Crippen LogP contribution in [0.1, 0.15) is 129 Å². The molecule has 0 unspecified atom stereocenters. The largest absolute Gasteiger partial charge is 0.399 e. The molecule has 0 radical (unpaired) electrons. The van der Waals surface area contributed by atoms with Crippen molar-refractivity contribution >= 4 is 34.1 Å². The molecule has 0 aliphatic rings. The topological polar surface area (TPSA) is 179 Å². The van der Waals surface area contributed by atoms with Gasteiger partial charge in [0.05, 0.1) is 10.6 Å². The number of nitrogen functional groups attached to an aromatic ring is 4. The van der Waals surface area contributed by atoms with Gasteiger partial charge >= 0.3 is 0 Å². The number of nitrogens with zero attached hydrogens (tertiary/aromatic N) is 1. The molecule has 0 fully saturated rings. The van der Waals surface area contributed by atoms with E-state index in [1.807, 2.05) is 79.7 Å². The van der Waals surface area contributed by atoms with E-state index >= 15 is 0 Å². The molecular weight excluding hydrogens is 817 g/mol. The molecular formula is C57H82N6O3. The molecule has 66 heavy (non-hydrogen) atoms. The Labute approximate surface area is 398 Å². The van der Waals surface area contributed by atoms with E-state index in [4.69, 9.17) is 28.1 Å². The summed E-state index contributed by atoms with van der Waals surface area (Å²) in [6.07, 6.45) is 8.28. The lowest BCUT2D eigenvalue weighted by molar-refractivity contribution is -0.385. The van der Waals surface area contributed by atoms with Crippen LogP contribution in [0.3, 0.4) is 0 Å². The second-order valence-electron chi connectivity index (χ2n) is 15.5. The highest BCUT2D eigenvalue weighted by molar-refractivity contribution is 5.54. The van der Waals surface area contributed by atoms with Crippen LogP contribution in [-0.4, -0.2) is 10.1 Å². The van der Waals surface area contributed by atoms with Crippen molar-refractivity contribution in [2.75, 3.05) is 28.4 Å². The predicted molar refractivity (Wildman–Crippen MR) is 287 cm³/mol. The summed E-state index contributed by atoms with van der Waals surface area (Å²) in [4.78, 5) is 10.6. The SMILES string of the molecule is CC.CC.CC.CCc1ccc(CCc2ccc(C)c(N)c2)c(N)c1.CCc1ccc(CCc2ccc(C)c(NO)c2)c(N)c1.CCc1ccc(CCc2ccc(C)c([N+](=O)[O-])c2)c(N)c1. The van der Waals surface area contributed by atoms with E-state index in [2.05, 4.69) is 99.0 Å². The number of benzene rings is 6. The molecule has 0 saturated heterocycles. The Kier molecular flexibility index (Phi) is 27.6. The zero-order valence-electron chi connectivity index (χ0n) is 42.3. The number of nitrogens with one attached hydrogen (secondary N) is 1. The summed E-state index contributed by atoms with van der Waals surface area (Å²) >= 11 is 0. The van der Waals surface area contributed by atoms with E-state index in [-0.39, 0.29) is 10.6 Å². The van der Waals surface area contributed by atoms with Crippen LogP contribution in [0.15, 0.2) is 109 Å². The van der Waals surface area contributed by atoms with Crippen LogP contribution in [0, 0.1) is 30.9 Å². The van der Waals surface area contributed by atoms with E-state index < -0.39 is 0 Å². The summed E-state index contributed by atoms with van der Waals surface area (Å²) in [7, 11) is 0. The lowest BCUT2D eigenvalue weighted by atomic mass is 9.99. The molecule has 0 saturated carbocycles. The van der Waals surface area contributed by atoms with Crippen LogP contribution in [0.5, 0.6) is 0 Å². The molecule has 0 spiro atoms. The van der Waals surface area contributed by atoms with Gasteiger partial charge in [-0.1, -0.05) is 135 Å². The van der Waals surface area contributed by atoms with Crippen LogP contribution < -0.4 is 28.4 Å². The summed E-state index contributed by atoms with van der Waals surface area (Å²) < 4.78 is 0. The average Bonchev–Trinajstić information content (AvgIpc) is 3.34. The molecule has 0 heterocycles. The fourth-order valence-electron chi connectivity index (χ4n) is 6.91. The Hall–Kier alpha value is -6.32. The fraction of sp³-hybridized carbons (Fsp3) is 0.368. The second-order valence-corrected chi connectivity index (χ2v) is 15.5. The van der Waals surface area contributed by atoms with Crippen LogP contribution in [0.2, 0.25) is 0 Å². The number of nitrogens with two attached hydrogens (primary N) is 4. The minimum Gasteiger partial charge on any atom is -0.399 e. The molecule has 6 aromatic rings. The van der Waals surface area contributed by atoms with Crippen molar-refractivity contribution in [3.63, 3.8) is 0 Å². The minimum atomic E-state index is -0.330. The third-order valence-corrected chi connectivity index (χ3v) is 11.1. The van der Waals surface area contributed by atoms with Gasteiger partial charge in [0.2, 0.25) is 0 Å². The third kappa shape index (κ3) is 19.0. The number of aryl methyl sites for hydroxylation is 12. The molecule has 6 aromatic carbocycles. The van der Waals surface area contributed by atoms with Crippen molar-refractivity contribution in [1.29, 1.82) is 0 Å². The van der Waals surface area contributed by atoms with Crippen molar-refractivity contribution in [2.24, 2.45) is 0 Å². The molecule has 0 aromatic heterocycles. The Balaban J connectivity index is 0.000000468. The maximum Gasteiger partial charge on any atom is 0.272 e. The van der Waals surface area contributed by atoms with Crippen LogP contribution in [0.4, 0.5) is 34.1 Å². The quantitative estimate of drug-likeness (QED) is 0.0355. The molecule has 0 bridgehead atoms. The molecule has 9 heteroatoms. The fourth-order valence-corrected chi connectivity index (χ4v) is 6.91. The lowest BCUT2D eigenvalue weighted by Crippen LogP contribution is -2.00. The van der Waals surface area contributed by atoms with Crippen molar-refractivity contribution in [3.05, 3.63) is 186 Å². The Morgan fingerprint density at radius 2 is 0.758 bits per heavy atom. The molecule has 358 valence electrons. The molecule has 9 nitrogen and oxygen atoms in total. The highest BCUT2D eigenvalue weighted by Gasteiger charge is 2.12. The molecule has 0 atom stereocenters. The Morgan fingerprint density at radius 3 is 1.09 bits per heavy atom. The summed E-state index contributed by atoms with van der Waals surface area (Å²) in [5, 5.41) is 20.0. The highest BCUT2D eigenvalue weighted by atomic mass is 16.6. The van der Waals surface area contributed by atoms with Gasteiger partial charge in [-0.15, -0.1) is 0 Å². The zero-order chi connectivity index (χ0) is 49.8. The Morgan fingerprint density at radius 1 is 0.439 bits per heavy atom. The molecule has 0 aliphatic heterocycles. The summed E-state index contributed by atoms with van der Waals surface area (Å²) in [6.45, 7) is 24.1. The average molecular weight is 899 g/mol. The van der Waals surface area contributed by atoms with Gasteiger partial charge in [0.25, 0.3) is 5.69 Å². The van der Waals surface area contributed by atoms with Crippen LogP contribution in [0.25, 0.3) is 0 Å². The summed E-state index contributed by atoms with van der Waals surface area (Å²) in [5.41, 5.74) is 44.3. The highest BCUT2D eigenvalue weighted by Crippen LogP contribution is 2.24. The van der Waals surface area contributed by atoms with E-state index in [0.717, 1.165) is 108 Å². The van der Waals surface area contributed by atoms with Gasteiger partial charge < -0.3 is 22.9 Å². The van der Waals surface area contributed by atoms with Gasteiger partial charge in [-0.05, 0) is 170 Å². The van der Waals surface area contributed by atoms with Crippen molar-refractivity contribution in [2.45, 2.75) is 141 Å². The predicted octanol–water partition coefficient (Wildman–Crippen LogP) is 14.1. The molecule has 0 amide bonds. The van der Waals surface area contributed by atoms with E-state index in [9.17, 15) is 10.1 Å². The van der Waals surface area contributed by atoms with Crippen molar-refractivity contribution < 1.29 is 10.1 Å². The standard InChI is InChI=1S/C17H20N2O2.C17H22N2O.C17H22N2.3C2H6/c1-3-13-6-8-15(16(18)10-13)9-7-14-5-4-12(2)17(11-14)19(20)21;1-3-13-6-8-15(16(18)10-13)9-7-14-5-4-12(2)17(11-14)19-20;1-3-13-6-8-15(17(19)10-13)9-7-14-5-4-12(2)16(18)11-14;3*1-2/h4-6,8,10-11H,3,7,9,18H2,1-2H3;4-6,8,10-11,19-20H,3,7,9,18H2,1-2H3;4-6,8,10-11H,3,7,9,18-19H2,1-2H3;3*1-2H3. The molecule has 0 aliphatic carbocycles. The maximum atomic E-state index is 11.0. The first-order valence-corrected chi connectivity index (χ1v) is 23.9. The first-order chi connectivity index (χ1) is 31.7. The summed E-state index contributed by atoms with van der Waals surface area (Å²) in [6, 6.07) is 36.6. The van der Waals surface area contributed by atoms with Gasteiger partial charge in [-0.2, -0.15) is 0 Å². The maximum absolute atomic E-state index is 11.0. The van der Waals surface area contributed by atoms with Gasteiger partial charge in [0.15, 0.2) is 0 Å². The number of nitro groups is 1. The van der Waals surface area contributed by atoms with Gasteiger partial charge in [0, 0.05) is 34.4 Å². The number of hydrogen-bond donors (Lipinski definition) is 6. The number of nitro benzene ring substituents is 1. The smallest absolute Gasteiger partial charge is 0.272 e. The summed E-state index contributed by atoms with van der Waals surface area (Å²) in [5.74, 6) is 0. The second kappa shape index (κ2) is 31.5. The first-order valence-electron chi connectivity index (χ1n) is 23.9. The van der Waals surface area contributed by atoms with Crippen LogP contribution in [-0.2, 0) is 57.8 Å². The number of rotatable bonds is 14. The van der Waals surface area contributed by atoms with Gasteiger partial charge in [-0.25, -0.2) is 0 Å². The lowest BCUT2D eigenvalue weighted by Gasteiger charge is -2.10. The zero-order valence-corrected chi connectivity index (χ0v) is 42.3. The minimum absolute atomic E-state index is 0.182. The number of hydrogen-bond acceptors (Lipinski definition) is 8. The van der Waals surface area contributed by atoms with E-state index in [1.54, 1.807) is 19.1 Å². The normalized spacial score (nSPS) is 9.89. The number of anilines is 5. The van der Waals surface area contributed by atoms with E-state index in [1.165, 1.54) is 38.9 Å². The van der Waals surface area contributed by atoms with Crippen LogP contribution >= 0.6 is 0 Å². The van der Waals surface area contributed by atoms with Gasteiger partial charge in [0.1, 0.15) is 0 Å². The Bertz CT molecular complexity index is 2360. The van der Waals surface area contributed by atoms with Gasteiger partial charge in [-0.3, -0.25) is 20.8 Å². The first kappa shape index (κ1) is 57.7.